The molecule has 0 unspecified atom stereocenters. The van der Waals surface area contributed by atoms with E-state index in [1.165, 1.54) is 0 Å². The van der Waals surface area contributed by atoms with Gasteiger partial charge < -0.3 is 14.8 Å². The molecule has 29 heavy (non-hydrogen) atoms. The summed E-state index contributed by atoms with van der Waals surface area (Å²) in [6.45, 7) is 7.03. The average molecular weight is 420 g/mol. The molecule has 1 N–H and O–H groups in total. The van der Waals surface area contributed by atoms with Gasteiger partial charge in [0.05, 0.1) is 23.9 Å². The number of ether oxygens (including phenoxy) is 2. The lowest BCUT2D eigenvalue weighted by Gasteiger charge is -2.14. The standard InChI is InChI=1S/C22H29NO5S/c1-4-13-27-20-11-8-18(16-21(20)28-14-5-2)23-22(24)12-15-29(25,26)19-9-6-17(3)7-10-19/h6-11,16H,4-5,12-15H2,1-3H3,(H,23,24). The van der Waals surface area contributed by atoms with Crippen LogP contribution in [0.3, 0.4) is 0 Å². The van der Waals surface area contributed by atoms with Crippen LogP contribution in [-0.2, 0) is 14.6 Å². The predicted molar refractivity (Wildman–Crippen MR) is 114 cm³/mol. The van der Waals surface area contributed by atoms with Crippen LogP contribution in [0, 0.1) is 6.92 Å². The third-order valence-corrected chi connectivity index (χ3v) is 5.86. The number of amides is 1. The van der Waals surface area contributed by atoms with E-state index in [9.17, 15) is 13.2 Å². The SMILES string of the molecule is CCCOc1ccc(NC(=O)CCS(=O)(=O)c2ccc(C)cc2)cc1OCCC. The second-order valence-corrected chi connectivity index (χ2v) is 8.90. The maximum Gasteiger partial charge on any atom is 0.225 e. The van der Waals surface area contributed by atoms with Crippen LogP contribution in [0.4, 0.5) is 5.69 Å². The summed E-state index contributed by atoms with van der Waals surface area (Å²) in [6.07, 6.45) is 1.59. The second kappa shape index (κ2) is 10.9. The quantitative estimate of drug-likeness (QED) is 0.585. The third-order valence-electron chi connectivity index (χ3n) is 4.13. The number of anilines is 1. The molecule has 0 atom stereocenters. The van der Waals surface area contributed by atoms with Gasteiger partial charge in [-0.15, -0.1) is 0 Å². The van der Waals surface area contributed by atoms with Gasteiger partial charge in [-0.2, -0.15) is 0 Å². The molecule has 0 aliphatic rings. The normalized spacial score (nSPS) is 11.1. The molecular formula is C22H29NO5S. The Hall–Kier alpha value is -2.54. The molecule has 0 aliphatic carbocycles. The largest absolute Gasteiger partial charge is 0.490 e. The summed E-state index contributed by atoms with van der Waals surface area (Å²) in [7, 11) is -3.51. The Morgan fingerprint density at radius 2 is 1.55 bits per heavy atom. The van der Waals surface area contributed by atoms with Gasteiger partial charge in [-0.3, -0.25) is 4.79 Å². The molecule has 0 radical (unpaired) electrons. The minimum atomic E-state index is -3.51. The van der Waals surface area contributed by atoms with Crippen molar-refractivity contribution in [3.63, 3.8) is 0 Å². The first-order chi connectivity index (χ1) is 13.9. The van der Waals surface area contributed by atoms with Crippen molar-refractivity contribution in [3.8, 4) is 11.5 Å². The van der Waals surface area contributed by atoms with Gasteiger partial charge in [0.1, 0.15) is 0 Å². The van der Waals surface area contributed by atoms with Crippen molar-refractivity contribution < 1.29 is 22.7 Å². The molecule has 2 aromatic rings. The molecule has 0 aliphatic heterocycles. The van der Waals surface area contributed by atoms with Gasteiger partial charge in [-0.1, -0.05) is 31.5 Å². The van der Waals surface area contributed by atoms with E-state index >= 15 is 0 Å². The summed E-state index contributed by atoms with van der Waals surface area (Å²) in [4.78, 5) is 12.5. The molecule has 0 saturated carbocycles. The highest BCUT2D eigenvalue weighted by Crippen LogP contribution is 2.31. The van der Waals surface area contributed by atoms with Crippen LogP contribution in [0.25, 0.3) is 0 Å². The summed E-state index contributed by atoms with van der Waals surface area (Å²) in [6, 6.07) is 11.8. The van der Waals surface area contributed by atoms with Crippen molar-refractivity contribution in [2.75, 3.05) is 24.3 Å². The van der Waals surface area contributed by atoms with Crippen LogP contribution in [0.2, 0.25) is 0 Å². The molecule has 0 aromatic heterocycles. The first-order valence-electron chi connectivity index (χ1n) is 9.84. The second-order valence-electron chi connectivity index (χ2n) is 6.79. The first-order valence-corrected chi connectivity index (χ1v) is 11.5. The van der Waals surface area contributed by atoms with Gasteiger partial charge in [0, 0.05) is 18.2 Å². The van der Waals surface area contributed by atoms with Gasteiger partial charge in [0.25, 0.3) is 0 Å². The van der Waals surface area contributed by atoms with Crippen LogP contribution in [0.1, 0.15) is 38.7 Å². The van der Waals surface area contributed by atoms with Crippen molar-refractivity contribution in [2.24, 2.45) is 0 Å². The Balaban J connectivity index is 2.01. The topological polar surface area (TPSA) is 81.7 Å². The van der Waals surface area contributed by atoms with Gasteiger partial charge >= 0.3 is 0 Å². The van der Waals surface area contributed by atoms with E-state index in [4.69, 9.17) is 9.47 Å². The molecule has 1 amide bonds. The Morgan fingerprint density at radius 1 is 0.931 bits per heavy atom. The Bertz CT molecular complexity index is 907. The average Bonchev–Trinajstić information content (AvgIpc) is 2.70. The molecule has 2 rings (SSSR count). The summed E-state index contributed by atoms with van der Waals surface area (Å²) in [5, 5.41) is 2.74. The number of benzene rings is 2. The van der Waals surface area contributed by atoms with E-state index < -0.39 is 9.84 Å². The van der Waals surface area contributed by atoms with Crippen molar-refractivity contribution in [3.05, 3.63) is 48.0 Å². The lowest BCUT2D eigenvalue weighted by molar-refractivity contribution is -0.115. The van der Waals surface area contributed by atoms with E-state index in [1.807, 2.05) is 20.8 Å². The van der Waals surface area contributed by atoms with Crippen molar-refractivity contribution in [1.82, 2.24) is 0 Å². The zero-order chi connectivity index (χ0) is 21.3. The summed E-state index contributed by atoms with van der Waals surface area (Å²) in [5.41, 5.74) is 1.52. The van der Waals surface area contributed by atoms with Gasteiger partial charge in [-0.05, 0) is 44.0 Å². The molecule has 0 fully saturated rings. The highest BCUT2D eigenvalue weighted by atomic mass is 32.2. The molecule has 0 saturated heterocycles. The molecule has 6 nitrogen and oxygen atoms in total. The molecule has 2 aromatic carbocycles. The zero-order valence-electron chi connectivity index (χ0n) is 17.2. The third kappa shape index (κ3) is 7.09. The molecule has 0 bridgehead atoms. The van der Waals surface area contributed by atoms with Crippen molar-refractivity contribution in [2.45, 2.75) is 44.9 Å². The zero-order valence-corrected chi connectivity index (χ0v) is 18.1. The highest BCUT2D eigenvalue weighted by molar-refractivity contribution is 7.91. The lowest BCUT2D eigenvalue weighted by Crippen LogP contribution is -2.17. The summed E-state index contributed by atoms with van der Waals surface area (Å²) < 4.78 is 36.2. The van der Waals surface area contributed by atoms with E-state index in [0.29, 0.717) is 30.4 Å². The Morgan fingerprint density at radius 3 is 2.17 bits per heavy atom. The molecule has 0 heterocycles. The number of nitrogens with one attached hydrogen (secondary N) is 1. The van der Waals surface area contributed by atoms with E-state index in [2.05, 4.69) is 5.32 Å². The fourth-order valence-electron chi connectivity index (χ4n) is 2.56. The van der Waals surface area contributed by atoms with Gasteiger partial charge in [-0.25, -0.2) is 8.42 Å². The highest BCUT2D eigenvalue weighted by Gasteiger charge is 2.17. The predicted octanol–water partition coefficient (Wildman–Crippen LogP) is 4.38. The number of hydrogen-bond acceptors (Lipinski definition) is 5. The fourth-order valence-corrected chi connectivity index (χ4v) is 3.80. The molecular weight excluding hydrogens is 390 g/mol. The van der Waals surface area contributed by atoms with E-state index in [1.54, 1.807) is 42.5 Å². The molecule has 0 spiro atoms. The number of hydrogen-bond donors (Lipinski definition) is 1. The smallest absolute Gasteiger partial charge is 0.225 e. The summed E-state index contributed by atoms with van der Waals surface area (Å²) >= 11 is 0. The van der Waals surface area contributed by atoms with Crippen LogP contribution < -0.4 is 14.8 Å². The number of carbonyl (C=O) groups is 1. The Labute approximate surface area is 173 Å². The minimum Gasteiger partial charge on any atom is -0.490 e. The van der Waals surface area contributed by atoms with Crippen molar-refractivity contribution >= 4 is 21.4 Å². The Kier molecular flexibility index (Phi) is 8.51. The lowest BCUT2D eigenvalue weighted by atomic mass is 10.2. The van der Waals surface area contributed by atoms with Crippen LogP contribution in [-0.4, -0.2) is 33.3 Å². The fraction of sp³-hybridized carbons (Fsp3) is 0.409. The van der Waals surface area contributed by atoms with E-state index in [0.717, 1.165) is 18.4 Å². The number of aryl methyl sites for hydroxylation is 1. The number of sulfone groups is 1. The number of carbonyl (C=O) groups excluding carboxylic acids is 1. The molecule has 7 heteroatoms. The van der Waals surface area contributed by atoms with Gasteiger partial charge in [0.2, 0.25) is 5.91 Å². The van der Waals surface area contributed by atoms with Crippen LogP contribution in [0.5, 0.6) is 11.5 Å². The van der Waals surface area contributed by atoms with Crippen molar-refractivity contribution in [1.29, 1.82) is 0 Å². The van der Waals surface area contributed by atoms with Gasteiger partial charge in [0.15, 0.2) is 21.3 Å². The van der Waals surface area contributed by atoms with E-state index in [-0.39, 0.29) is 23.0 Å². The van der Waals surface area contributed by atoms with Crippen LogP contribution in [0.15, 0.2) is 47.4 Å². The molecule has 158 valence electrons. The minimum absolute atomic E-state index is 0.130. The maximum absolute atomic E-state index is 12.4. The first kappa shape index (κ1) is 22.7. The monoisotopic (exact) mass is 419 g/mol. The van der Waals surface area contributed by atoms with Crippen LogP contribution >= 0.6 is 0 Å². The summed E-state index contributed by atoms with van der Waals surface area (Å²) in [5.74, 6) is 0.564. The maximum atomic E-state index is 12.4. The number of rotatable bonds is 11.